The van der Waals surface area contributed by atoms with E-state index in [1.165, 1.54) is 12.1 Å². The van der Waals surface area contributed by atoms with E-state index in [1.807, 2.05) is 36.4 Å². The molecular formula is C26H22ClN5O4S. The molecular weight excluding hydrogens is 514 g/mol. The summed E-state index contributed by atoms with van der Waals surface area (Å²) in [5, 5.41) is 8.56. The number of nitrogens with zero attached hydrogens (tertiary/aromatic N) is 3. The maximum atomic E-state index is 12.6. The van der Waals surface area contributed by atoms with Crippen molar-refractivity contribution < 1.29 is 17.6 Å². The molecule has 0 fully saturated rings. The van der Waals surface area contributed by atoms with Crippen LogP contribution in [0.2, 0.25) is 5.02 Å². The standard InChI is InChI=1S/C26H22ClN5O4S/c27-19-9-7-18(8-10-19)25-23(36-26(31-25)32-16-30-21-3-1-2-4-22(21)32)13-14-24(33)29-15-17-5-11-20(12-6-17)37(28,34)35/h1-12,16H,13-15H2,(H,29,33)(H2,28,34,35). The highest BCUT2D eigenvalue weighted by molar-refractivity contribution is 7.89. The summed E-state index contributed by atoms with van der Waals surface area (Å²) >= 11 is 6.06. The quantitative estimate of drug-likeness (QED) is 0.305. The number of hydrogen-bond acceptors (Lipinski definition) is 6. The van der Waals surface area contributed by atoms with Gasteiger partial charge < -0.3 is 9.73 Å². The monoisotopic (exact) mass is 535 g/mol. The Labute approximate surface area is 218 Å². The number of fused-ring (bicyclic) bond motifs is 1. The molecule has 9 nitrogen and oxygen atoms in total. The Hall–Kier alpha value is -3.99. The van der Waals surface area contributed by atoms with Gasteiger partial charge in [0, 0.05) is 30.0 Å². The number of sulfonamides is 1. The van der Waals surface area contributed by atoms with E-state index in [0.717, 1.165) is 22.2 Å². The Morgan fingerprint density at radius 3 is 2.49 bits per heavy atom. The van der Waals surface area contributed by atoms with E-state index >= 15 is 0 Å². The maximum absolute atomic E-state index is 12.6. The third-order valence-electron chi connectivity index (χ3n) is 5.78. The molecule has 2 aromatic heterocycles. The number of aromatic nitrogens is 3. The average Bonchev–Trinajstić information content (AvgIpc) is 3.51. The first-order valence-electron chi connectivity index (χ1n) is 11.3. The number of carbonyl (C=O) groups is 1. The van der Waals surface area contributed by atoms with Crippen LogP contribution >= 0.6 is 11.6 Å². The highest BCUT2D eigenvalue weighted by atomic mass is 35.5. The summed E-state index contributed by atoms with van der Waals surface area (Å²) in [5.74, 6) is 0.367. The third kappa shape index (κ3) is 5.56. The molecule has 0 aliphatic rings. The summed E-state index contributed by atoms with van der Waals surface area (Å²) in [5.41, 5.74) is 3.84. The van der Waals surface area contributed by atoms with Crippen molar-refractivity contribution in [2.24, 2.45) is 5.14 Å². The Balaban J connectivity index is 1.33. The van der Waals surface area contributed by atoms with Crippen molar-refractivity contribution in [1.29, 1.82) is 0 Å². The Morgan fingerprint density at radius 2 is 1.76 bits per heavy atom. The van der Waals surface area contributed by atoms with E-state index < -0.39 is 10.0 Å². The van der Waals surface area contributed by atoms with Gasteiger partial charge in [-0.1, -0.05) is 48.0 Å². The zero-order chi connectivity index (χ0) is 26.0. The molecule has 3 aromatic carbocycles. The van der Waals surface area contributed by atoms with E-state index in [-0.39, 0.29) is 23.8 Å². The van der Waals surface area contributed by atoms with Gasteiger partial charge in [0.05, 0.1) is 15.9 Å². The predicted octanol–water partition coefficient (Wildman–Crippen LogP) is 4.23. The molecule has 188 valence electrons. The minimum absolute atomic E-state index is 0.0177. The van der Waals surface area contributed by atoms with Crippen LogP contribution in [-0.2, 0) is 27.8 Å². The molecule has 1 amide bonds. The van der Waals surface area contributed by atoms with Gasteiger partial charge in [0.25, 0.3) is 0 Å². The van der Waals surface area contributed by atoms with Gasteiger partial charge in [0.1, 0.15) is 17.8 Å². The molecule has 0 saturated carbocycles. The molecule has 37 heavy (non-hydrogen) atoms. The molecule has 0 saturated heterocycles. The molecule has 0 radical (unpaired) electrons. The van der Waals surface area contributed by atoms with Crippen LogP contribution in [0.25, 0.3) is 28.3 Å². The lowest BCUT2D eigenvalue weighted by Gasteiger charge is -2.06. The van der Waals surface area contributed by atoms with E-state index in [0.29, 0.717) is 28.9 Å². The van der Waals surface area contributed by atoms with Crippen molar-refractivity contribution in [3.63, 3.8) is 0 Å². The van der Waals surface area contributed by atoms with Crippen molar-refractivity contribution in [2.75, 3.05) is 0 Å². The summed E-state index contributed by atoms with van der Waals surface area (Å²) in [4.78, 5) is 21.7. The molecule has 5 aromatic rings. The SMILES string of the molecule is NS(=O)(=O)c1ccc(CNC(=O)CCc2oc(-n3cnc4ccccc43)nc2-c2ccc(Cl)cc2)cc1. The normalized spacial score (nSPS) is 11.6. The van der Waals surface area contributed by atoms with E-state index in [4.69, 9.17) is 26.1 Å². The second-order valence-corrected chi connectivity index (χ2v) is 10.3. The van der Waals surface area contributed by atoms with Crippen molar-refractivity contribution in [2.45, 2.75) is 24.3 Å². The molecule has 0 spiro atoms. The van der Waals surface area contributed by atoms with Crippen molar-refractivity contribution in [3.05, 3.63) is 95.5 Å². The van der Waals surface area contributed by atoms with Crippen LogP contribution in [0.3, 0.4) is 0 Å². The van der Waals surface area contributed by atoms with E-state index in [1.54, 1.807) is 35.2 Å². The highest BCUT2D eigenvalue weighted by Gasteiger charge is 2.19. The van der Waals surface area contributed by atoms with Crippen molar-refractivity contribution in [3.8, 4) is 17.3 Å². The largest absolute Gasteiger partial charge is 0.427 e. The first-order chi connectivity index (χ1) is 17.8. The first kappa shape index (κ1) is 24.7. The fourth-order valence-corrected chi connectivity index (χ4v) is 4.51. The molecule has 0 aliphatic carbocycles. The molecule has 0 atom stereocenters. The number of imidazole rings is 1. The lowest BCUT2D eigenvalue weighted by Crippen LogP contribution is -2.23. The van der Waals surface area contributed by atoms with Gasteiger partial charge >= 0.3 is 6.01 Å². The molecule has 0 aliphatic heterocycles. The Bertz CT molecular complexity index is 1680. The van der Waals surface area contributed by atoms with Crippen LogP contribution in [-0.4, -0.2) is 28.9 Å². The Kier molecular flexibility index (Phi) is 6.79. The second-order valence-electron chi connectivity index (χ2n) is 8.34. The third-order valence-corrected chi connectivity index (χ3v) is 6.97. The minimum atomic E-state index is -3.76. The van der Waals surface area contributed by atoms with E-state index in [2.05, 4.69) is 10.3 Å². The summed E-state index contributed by atoms with van der Waals surface area (Å²) in [6, 6.07) is 21.3. The number of nitrogens with two attached hydrogens (primary N) is 1. The van der Waals surface area contributed by atoms with Crippen LogP contribution in [0.1, 0.15) is 17.7 Å². The number of hydrogen-bond donors (Lipinski definition) is 2. The number of rotatable bonds is 8. The van der Waals surface area contributed by atoms with Crippen LogP contribution in [0.15, 0.2) is 88.4 Å². The number of benzene rings is 3. The highest BCUT2D eigenvalue weighted by Crippen LogP contribution is 2.29. The van der Waals surface area contributed by atoms with Crippen LogP contribution < -0.4 is 10.5 Å². The molecule has 0 bridgehead atoms. The summed E-state index contributed by atoms with van der Waals surface area (Å²) in [6.07, 6.45) is 2.13. The summed E-state index contributed by atoms with van der Waals surface area (Å²) in [7, 11) is -3.76. The van der Waals surface area contributed by atoms with Crippen LogP contribution in [0.4, 0.5) is 0 Å². The topological polar surface area (TPSA) is 133 Å². The molecule has 2 heterocycles. The number of halogens is 1. The maximum Gasteiger partial charge on any atom is 0.308 e. The van der Waals surface area contributed by atoms with Crippen molar-refractivity contribution >= 4 is 38.6 Å². The van der Waals surface area contributed by atoms with Gasteiger partial charge in [-0.3, -0.25) is 9.36 Å². The number of primary sulfonamides is 1. The number of para-hydroxylation sites is 2. The van der Waals surface area contributed by atoms with Gasteiger partial charge in [-0.2, -0.15) is 4.98 Å². The number of aryl methyl sites for hydroxylation is 1. The predicted molar refractivity (Wildman–Crippen MR) is 140 cm³/mol. The molecule has 0 unspecified atom stereocenters. The zero-order valence-corrected chi connectivity index (χ0v) is 21.0. The zero-order valence-electron chi connectivity index (χ0n) is 19.5. The minimum Gasteiger partial charge on any atom is -0.427 e. The van der Waals surface area contributed by atoms with Crippen LogP contribution in [0, 0.1) is 0 Å². The summed E-state index contributed by atoms with van der Waals surface area (Å²) in [6.45, 7) is 0.246. The Morgan fingerprint density at radius 1 is 1.03 bits per heavy atom. The smallest absolute Gasteiger partial charge is 0.308 e. The van der Waals surface area contributed by atoms with Gasteiger partial charge in [-0.05, 0) is 42.0 Å². The summed E-state index contributed by atoms with van der Waals surface area (Å²) < 4.78 is 30.7. The number of oxazole rings is 1. The second kappa shape index (κ2) is 10.2. The van der Waals surface area contributed by atoms with Crippen LogP contribution in [0.5, 0.6) is 0 Å². The molecule has 3 N–H and O–H groups in total. The van der Waals surface area contributed by atoms with Crippen molar-refractivity contribution in [1.82, 2.24) is 19.9 Å². The average molecular weight is 536 g/mol. The molecule has 11 heteroatoms. The lowest BCUT2D eigenvalue weighted by molar-refractivity contribution is -0.121. The van der Waals surface area contributed by atoms with Gasteiger partial charge in [-0.15, -0.1) is 0 Å². The fourth-order valence-electron chi connectivity index (χ4n) is 3.87. The van der Waals surface area contributed by atoms with Gasteiger partial charge in [0.2, 0.25) is 15.9 Å². The number of amides is 1. The number of nitrogens with one attached hydrogen (secondary N) is 1. The van der Waals surface area contributed by atoms with Gasteiger partial charge in [-0.25, -0.2) is 18.5 Å². The lowest BCUT2D eigenvalue weighted by atomic mass is 10.1. The fraction of sp³-hybridized carbons (Fsp3) is 0.115. The van der Waals surface area contributed by atoms with E-state index in [9.17, 15) is 13.2 Å². The number of carbonyl (C=O) groups excluding carboxylic acids is 1. The molecule has 5 rings (SSSR count). The first-order valence-corrected chi connectivity index (χ1v) is 13.3. The van der Waals surface area contributed by atoms with Gasteiger partial charge in [0.15, 0.2) is 0 Å².